The van der Waals surface area contributed by atoms with Crippen LogP contribution in [0.1, 0.15) is 38.3 Å². The number of benzene rings is 4. The zero-order chi connectivity index (χ0) is 28.9. The molecule has 0 spiro atoms. The van der Waals surface area contributed by atoms with Gasteiger partial charge in [-0.15, -0.1) is 0 Å². The lowest BCUT2D eigenvalue weighted by Crippen LogP contribution is -2.25. The van der Waals surface area contributed by atoms with Gasteiger partial charge in [0.1, 0.15) is 28.8 Å². The Hall–Kier alpha value is -3.88. The molecule has 0 fully saturated rings. The number of aryl methyl sites for hydroxylation is 1. The predicted octanol–water partition coefficient (Wildman–Crippen LogP) is 9.96. The van der Waals surface area contributed by atoms with E-state index in [0.29, 0.717) is 23.3 Å². The summed E-state index contributed by atoms with van der Waals surface area (Å²) in [6.07, 6.45) is -2.88. The van der Waals surface area contributed by atoms with Gasteiger partial charge in [0.25, 0.3) is 0 Å². The molecule has 9 heteroatoms. The molecule has 4 aromatic rings. The average Bonchev–Trinajstić information content (AvgIpc) is 2.88. The van der Waals surface area contributed by atoms with Crippen molar-refractivity contribution in [3.63, 3.8) is 0 Å². The normalized spacial score (nSPS) is 11.2. The number of hydrogen-bond acceptors (Lipinski definition) is 1. The van der Waals surface area contributed by atoms with Gasteiger partial charge in [0.15, 0.2) is 17.5 Å². The van der Waals surface area contributed by atoms with Crippen molar-refractivity contribution in [2.45, 2.75) is 39.7 Å². The Labute approximate surface area is 220 Å². The maximum atomic E-state index is 14.9. The summed E-state index contributed by atoms with van der Waals surface area (Å²) in [7, 11) is 0. The van der Waals surface area contributed by atoms with E-state index >= 15 is 0 Å². The molecule has 0 saturated heterocycles. The van der Waals surface area contributed by atoms with Crippen molar-refractivity contribution in [2.24, 2.45) is 0 Å². The van der Waals surface area contributed by atoms with Crippen molar-refractivity contribution in [3.8, 4) is 28.0 Å². The molecule has 0 aliphatic heterocycles. The van der Waals surface area contributed by atoms with Crippen LogP contribution in [-0.2, 0) is 12.5 Å². The van der Waals surface area contributed by atoms with Gasteiger partial charge in [0, 0.05) is 17.7 Å². The molecule has 1 nitrogen and oxygen atoms in total. The predicted molar refractivity (Wildman–Crippen MR) is 133 cm³/mol. The maximum absolute atomic E-state index is 14.9. The third kappa shape index (κ3) is 6.58. The minimum Gasteiger partial charge on any atom is -0.429 e. The third-order valence-electron chi connectivity index (χ3n) is 5.64. The second-order valence-corrected chi connectivity index (χ2v) is 8.28. The molecule has 0 radical (unpaired) electrons. The van der Waals surface area contributed by atoms with E-state index in [1.165, 1.54) is 12.1 Å². The molecule has 0 N–H and O–H groups in total. The minimum atomic E-state index is -4.74. The molecule has 4 aromatic carbocycles. The van der Waals surface area contributed by atoms with E-state index in [9.17, 15) is 35.1 Å². The molecule has 0 amide bonds. The SMILES string of the molecule is CC.CCCc1ccc(-c2ccc(-c3cc(F)c(C(F)(F)Oc4cc(F)c(F)c(F)c4)c(F)c3)c(F)c2)cc1. The lowest BCUT2D eigenvalue weighted by atomic mass is 9.97. The second-order valence-electron chi connectivity index (χ2n) is 8.28. The molecular weight excluding hydrogens is 528 g/mol. The quantitative estimate of drug-likeness (QED) is 0.164. The number of ether oxygens (including phenoxy) is 1. The van der Waals surface area contributed by atoms with Crippen LogP contribution in [0, 0.1) is 34.9 Å². The third-order valence-corrected chi connectivity index (χ3v) is 5.64. The molecule has 0 heterocycles. The van der Waals surface area contributed by atoms with Gasteiger partial charge >= 0.3 is 6.11 Å². The minimum absolute atomic E-state index is 0.102. The Balaban J connectivity index is 0.00000205. The fourth-order valence-corrected chi connectivity index (χ4v) is 3.88. The van der Waals surface area contributed by atoms with E-state index in [-0.39, 0.29) is 23.3 Å². The molecule has 0 bridgehead atoms. The lowest BCUT2D eigenvalue weighted by molar-refractivity contribution is -0.189. The molecule has 4 rings (SSSR count). The van der Waals surface area contributed by atoms with Gasteiger partial charge in [-0.25, -0.2) is 26.3 Å². The highest BCUT2D eigenvalue weighted by atomic mass is 19.3. The average molecular weight is 553 g/mol. The molecule has 0 saturated carbocycles. The van der Waals surface area contributed by atoms with E-state index < -0.39 is 52.3 Å². The molecular formula is C30H24F8O. The standard InChI is InChI=1S/C28H18F8O.C2H6/c1-2-3-15-4-6-16(7-5-15)17-8-9-20(21(29)10-17)18-11-22(30)26(23(31)12-18)28(35,36)37-19-13-24(32)27(34)25(33)14-19;1-2/h4-14H,2-3H2,1H3;1-2H3. The Morgan fingerprint density at radius 3 is 1.64 bits per heavy atom. The number of rotatable bonds is 7. The monoisotopic (exact) mass is 552 g/mol. The van der Waals surface area contributed by atoms with Gasteiger partial charge < -0.3 is 4.74 Å². The summed E-state index contributed by atoms with van der Waals surface area (Å²) in [6, 6.07) is 12.6. The first-order valence-corrected chi connectivity index (χ1v) is 12.1. The van der Waals surface area contributed by atoms with Crippen molar-refractivity contribution in [2.75, 3.05) is 0 Å². The van der Waals surface area contributed by atoms with Gasteiger partial charge in [-0.2, -0.15) is 8.78 Å². The Morgan fingerprint density at radius 2 is 1.13 bits per heavy atom. The van der Waals surface area contributed by atoms with Crippen LogP contribution >= 0.6 is 0 Å². The molecule has 0 aromatic heterocycles. The van der Waals surface area contributed by atoms with Crippen molar-refractivity contribution in [1.29, 1.82) is 0 Å². The molecule has 0 aliphatic carbocycles. The van der Waals surface area contributed by atoms with Crippen molar-refractivity contribution < 1.29 is 39.9 Å². The van der Waals surface area contributed by atoms with E-state index in [4.69, 9.17) is 0 Å². The van der Waals surface area contributed by atoms with Crippen LogP contribution in [0.5, 0.6) is 5.75 Å². The van der Waals surface area contributed by atoms with Gasteiger partial charge in [-0.05, 0) is 46.9 Å². The molecule has 0 aliphatic rings. The van der Waals surface area contributed by atoms with E-state index in [0.717, 1.165) is 24.5 Å². The summed E-state index contributed by atoms with van der Waals surface area (Å²) in [5, 5.41) is 0. The largest absolute Gasteiger partial charge is 0.432 e. The first-order valence-electron chi connectivity index (χ1n) is 12.1. The van der Waals surface area contributed by atoms with Crippen LogP contribution in [0.3, 0.4) is 0 Å². The van der Waals surface area contributed by atoms with E-state index in [2.05, 4.69) is 4.74 Å². The van der Waals surface area contributed by atoms with Crippen molar-refractivity contribution >= 4 is 0 Å². The summed E-state index contributed by atoms with van der Waals surface area (Å²) < 4.78 is 117. The topological polar surface area (TPSA) is 9.23 Å². The summed E-state index contributed by atoms with van der Waals surface area (Å²) in [4.78, 5) is 0. The molecule has 206 valence electrons. The Morgan fingerprint density at radius 1 is 0.615 bits per heavy atom. The number of alkyl halides is 2. The first kappa shape index (κ1) is 29.7. The lowest BCUT2D eigenvalue weighted by Gasteiger charge is -2.20. The summed E-state index contributed by atoms with van der Waals surface area (Å²) in [6.45, 7) is 6.04. The summed E-state index contributed by atoms with van der Waals surface area (Å²) in [5.41, 5.74) is -0.155. The van der Waals surface area contributed by atoms with Crippen LogP contribution in [0.4, 0.5) is 35.1 Å². The number of hydrogen-bond donors (Lipinski definition) is 0. The summed E-state index contributed by atoms with van der Waals surface area (Å²) in [5.74, 6) is -11.2. The van der Waals surface area contributed by atoms with Gasteiger partial charge in [-0.1, -0.05) is 63.6 Å². The maximum Gasteiger partial charge on any atom is 0.432 e. The highest BCUT2D eigenvalue weighted by Gasteiger charge is 2.41. The fourth-order valence-electron chi connectivity index (χ4n) is 3.88. The zero-order valence-electron chi connectivity index (χ0n) is 21.2. The van der Waals surface area contributed by atoms with Crippen LogP contribution in [0.2, 0.25) is 0 Å². The Kier molecular flexibility index (Phi) is 9.37. The zero-order valence-corrected chi connectivity index (χ0v) is 21.2. The first-order chi connectivity index (χ1) is 18.5. The molecule has 0 unspecified atom stereocenters. The van der Waals surface area contributed by atoms with Gasteiger partial charge in [0.2, 0.25) is 0 Å². The van der Waals surface area contributed by atoms with Gasteiger partial charge in [0.05, 0.1) is 0 Å². The fraction of sp³-hybridized carbons (Fsp3) is 0.200. The van der Waals surface area contributed by atoms with Crippen LogP contribution in [0.15, 0.2) is 66.7 Å². The van der Waals surface area contributed by atoms with Crippen LogP contribution < -0.4 is 4.74 Å². The van der Waals surface area contributed by atoms with Crippen molar-refractivity contribution in [1.82, 2.24) is 0 Å². The molecule has 39 heavy (non-hydrogen) atoms. The smallest absolute Gasteiger partial charge is 0.429 e. The highest BCUT2D eigenvalue weighted by Crippen LogP contribution is 2.38. The van der Waals surface area contributed by atoms with E-state index in [1.54, 1.807) is 0 Å². The van der Waals surface area contributed by atoms with Crippen LogP contribution in [0.25, 0.3) is 22.3 Å². The van der Waals surface area contributed by atoms with Crippen molar-refractivity contribution in [3.05, 3.63) is 113 Å². The second kappa shape index (κ2) is 12.3. The van der Waals surface area contributed by atoms with E-state index in [1.807, 2.05) is 45.0 Å². The Bertz CT molecular complexity index is 1400. The molecule has 0 atom stereocenters. The highest BCUT2D eigenvalue weighted by molar-refractivity contribution is 5.71. The number of halogens is 8. The van der Waals surface area contributed by atoms with Crippen LogP contribution in [-0.4, -0.2) is 0 Å². The summed E-state index contributed by atoms with van der Waals surface area (Å²) >= 11 is 0. The van der Waals surface area contributed by atoms with Gasteiger partial charge in [-0.3, -0.25) is 0 Å².